The van der Waals surface area contributed by atoms with Crippen LogP contribution in [-0.2, 0) is 9.59 Å². The number of hydrogen-bond acceptors (Lipinski definition) is 2. The molecule has 2 N–H and O–H groups in total. The Kier molecular flexibility index (Phi) is 4.31. The standard InChI is InChI=1S/C11H22N2O2/c1-7-11(5,9(15)12-6)13-8(14)10(2,3)4/h7H2,1-6H3,(H,12,15)(H,13,14). The van der Waals surface area contributed by atoms with Crippen LogP contribution < -0.4 is 10.6 Å². The van der Waals surface area contributed by atoms with Crippen LogP contribution in [0.25, 0.3) is 0 Å². The topological polar surface area (TPSA) is 58.2 Å². The lowest BCUT2D eigenvalue weighted by molar-refractivity contribution is -0.136. The van der Waals surface area contributed by atoms with Gasteiger partial charge in [-0.3, -0.25) is 9.59 Å². The molecule has 0 spiro atoms. The number of hydrogen-bond donors (Lipinski definition) is 2. The second-order valence-electron chi connectivity index (χ2n) is 4.97. The monoisotopic (exact) mass is 214 g/mol. The van der Waals surface area contributed by atoms with E-state index in [9.17, 15) is 9.59 Å². The number of rotatable bonds is 3. The van der Waals surface area contributed by atoms with Crippen molar-refractivity contribution in [2.75, 3.05) is 7.05 Å². The minimum absolute atomic E-state index is 0.115. The Labute approximate surface area is 91.8 Å². The lowest BCUT2D eigenvalue weighted by Gasteiger charge is -2.31. The summed E-state index contributed by atoms with van der Waals surface area (Å²) in [6, 6.07) is 0. The predicted molar refractivity (Wildman–Crippen MR) is 60.4 cm³/mol. The molecule has 15 heavy (non-hydrogen) atoms. The number of carbonyl (C=O) groups is 2. The van der Waals surface area contributed by atoms with E-state index in [1.807, 2.05) is 27.7 Å². The molecule has 0 heterocycles. The van der Waals surface area contributed by atoms with Crippen LogP contribution in [0.3, 0.4) is 0 Å². The van der Waals surface area contributed by atoms with Crippen LogP contribution in [0.2, 0.25) is 0 Å². The molecule has 0 aromatic heterocycles. The minimum Gasteiger partial charge on any atom is -0.357 e. The van der Waals surface area contributed by atoms with E-state index < -0.39 is 11.0 Å². The van der Waals surface area contributed by atoms with E-state index in [0.29, 0.717) is 6.42 Å². The van der Waals surface area contributed by atoms with Crippen LogP contribution in [0.15, 0.2) is 0 Å². The summed E-state index contributed by atoms with van der Waals surface area (Å²) in [5.41, 5.74) is -1.30. The number of amides is 2. The van der Waals surface area contributed by atoms with Crippen LogP contribution >= 0.6 is 0 Å². The maximum atomic E-state index is 11.8. The Morgan fingerprint density at radius 1 is 1.07 bits per heavy atom. The molecular formula is C11H22N2O2. The fourth-order valence-corrected chi connectivity index (χ4v) is 1.02. The van der Waals surface area contributed by atoms with Crippen LogP contribution in [0, 0.1) is 5.41 Å². The summed E-state index contributed by atoms with van der Waals surface area (Å²) < 4.78 is 0. The molecule has 0 aromatic carbocycles. The molecule has 4 heteroatoms. The minimum atomic E-state index is -0.820. The fourth-order valence-electron chi connectivity index (χ4n) is 1.02. The zero-order valence-corrected chi connectivity index (χ0v) is 10.5. The lowest BCUT2D eigenvalue weighted by atomic mass is 9.91. The number of nitrogens with one attached hydrogen (secondary N) is 2. The van der Waals surface area contributed by atoms with Gasteiger partial charge in [0, 0.05) is 12.5 Å². The molecule has 0 saturated heterocycles. The van der Waals surface area contributed by atoms with Crippen molar-refractivity contribution < 1.29 is 9.59 Å². The van der Waals surface area contributed by atoms with Crippen molar-refractivity contribution in [3.05, 3.63) is 0 Å². The number of likely N-dealkylation sites (N-methyl/N-ethyl adjacent to an activating group) is 1. The predicted octanol–water partition coefficient (Wildman–Crippen LogP) is 1.06. The molecule has 0 fully saturated rings. The molecular weight excluding hydrogens is 192 g/mol. The van der Waals surface area contributed by atoms with Crippen LogP contribution in [0.4, 0.5) is 0 Å². The maximum absolute atomic E-state index is 11.8. The molecule has 0 aromatic rings. The highest BCUT2D eigenvalue weighted by Gasteiger charge is 2.35. The van der Waals surface area contributed by atoms with Gasteiger partial charge in [0.2, 0.25) is 11.8 Å². The van der Waals surface area contributed by atoms with E-state index >= 15 is 0 Å². The zero-order chi connectivity index (χ0) is 12.3. The van der Waals surface area contributed by atoms with Crippen molar-refractivity contribution in [3.8, 4) is 0 Å². The van der Waals surface area contributed by atoms with Crippen molar-refractivity contribution in [2.24, 2.45) is 5.41 Å². The van der Waals surface area contributed by atoms with Crippen molar-refractivity contribution >= 4 is 11.8 Å². The third-order valence-electron chi connectivity index (χ3n) is 2.51. The van der Waals surface area contributed by atoms with Crippen molar-refractivity contribution in [2.45, 2.75) is 46.6 Å². The summed E-state index contributed by atoms with van der Waals surface area (Å²) in [6.45, 7) is 9.07. The second-order valence-corrected chi connectivity index (χ2v) is 4.97. The highest BCUT2D eigenvalue weighted by molar-refractivity contribution is 5.92. The van der Waals surface area contributed by atoms with Crippen LogP contribution in [0.1, 0.15) is 41.0 Å². The quantitative estimate of drug-likeness (QED) is 0.738. The highest BCUT2D eigenvalue weighted by Crippen LogP contribution is 2.17. The molecule has 0 aliphatic rings. The van der Waals surface area contributed by atoms with E-state index in [0.717, 1.165) is 0 Å². The molecule has 1 unspecified atom stereocenters. The smallest absolute Gasteiger partial charge is 0.245 e. The summed E-state index contributed by atoms with van der Waals surface area (Å²) in [6.07, 6.45) is 0.564. The molecule has 4 nitrogen and oxygen atoms in total. The molecule has 1 atom stereocenters. The number of carbonyl (C=O) groups excluding carboxylic acids is 2. The van der Waals surface area contributed by atoms with E-state index in [4.69, 9.17) is 0 Å². The third-order valence-corrected chi connectivity index (χ3v) is 2.51. The molecule has 0 saturated carbocycles. The zero-order valence-electron chi connectivity index (χ0n) is 10.5. The van der Waals surface area contributed by atoms with E-state index in [2.05, 4.69) is 10.6 Å². The first kappa shape index (κ1) is 13.9. The van der Waals surface area contributed by atoms with Gasteiger partial charge in [0.25, 0.3) is 0 Å². The first-order chi connectivity index (χ1) is 6.67. The summed E-state index contributed by atoms with van der Waals surface area (Å²) in [7, 11) is 1.57. The second kappa shape index (κ2) is 4.64. The average molecular weight is 214 g/mol. The molecule has 2 amide bonds. The fraction of sp³-hybridized carbons (Fsp3) is 0.818. The largest absolute Gasteiger partial charge is 0.357 e. The van der Waals surface area contributed by atoms with Gasteiger partial charge in [0.05, 0.1) is 0 Å². The van der Waals surface area contributed by atoms with Gasteiger partial charge in [-0.1, -0.05) is 27.7 Å². The van der Waals surface area contributed by atoms with Crippen LogP contribution in [-0.4, -0.2) is 24.4 Å². The van der Waals surface area contributed by atoms with E-state index in [-0.39, 0.29) is 11.8 Å². The van der Waals surface area contributed by atoms with Gasteiger partial charge in [-0.2, -0.15) is 0 Å². The Hall–Kier alpha value is -1.06. The summed E-state index contributed by atoms with van der Waals surface area (Å²) in [5.74, 6) is -0.280. The summed E-state index contributed by atoms with van der Waals surface area (Å²) in [4.78, 5) is 23.4. The summed E-state index contributed by atoms with van der Waals surface area (Å²) in [5, 5.41) is 5.34. The first-order valence-electron chi connectivity index (χ1n) is 5.22. The molecule has 0 aliphatic carbocycles. The van der Waals surface area contributed by atoms with E-state index in [1.54, 1.807) is 14.0 Å². The lowest BCUT2D eigenvalue weighted by Crippen LogP contribution is -2.57. The summed E-state index contributed by atoms with van der Waals surface area (Å²) >= 11 is 0. The average Bonchev–Trinajstić information content (AvgIpc) is 2.14. The molecule has 0 aliphatic heterocycles. The van der Waals surface area contributed by atoms with Gasteiger partial charge in [0.15, 0.2) is 0 Å². The van der Waals surface area contributed by atoms with Gasteiger partial charge in [0.1, 0.15) is 5.54 Å². The maximum Gasteiger partial charge on any atom is 0.245 e. The van der Waals surface area contributed by atoms with Gasteiger partial charge < -0.3 is 10.6 Å². The van der Waals surface area contributed by atoms with Gasteiger partial charge >= 0.3 is 0 Å². The van der Waals surface area contributed by atoms with Crippen LogP contribution in [0.5, 0.6) is 0 Å². The Balaban J connectivity index is 4.73. The van der Waals surface area contributed by atoms with Crippen molar-refractivity contribution in [1.29, 1.82) is 0 Å². The van der Waals surface area contributed by atoms with Crippen molar-refractivity contribution in [3.63, 3.8) is 0 Å². The van der Waals surface area contributed by atoms with Gasteiger partial charge in [-0.15, -0.1) is 0 Å². The first-order valence-corrected chi connectivity index (χ1v) is 5.22. The molecule has 0 rings (SSSR count). The highest BCUT2D eigenvalue weighted by atomic mass is 16.2. The SMILES string of the molecule is CCC(C)(NC(=O)C(C)(C)C)C(=O)NC. The Morgan fingerprint density at radius 2 is 1.53 bits per heavy atom. The Morgan fingerprint density at radius 3 is 1.80 bits per heavy atom. The molecule has 88 valence electrons. The Bertz CT molecular complexity index is 256. The van der Waals surface area contributed by atoms with Gasteiger partial charge in [-0.25, -0.2) is 0 Å². The molecule has 0 radical (unpaired) electrons. The normalized spacial score (nSPS) is 15.3. The molecule has 0 bridgehead atoms. The third kappa shape index (κ3) is 3.53. The van der Waals surface area contributed by atoms with Crippen molar-refractivity contribution in [1.82, 2.24) is 10.6 Å². The van der Waals surface area contributed by atoms with E-state index in [1.165, 1.54) is 0 Å². The van der Waals surface area contributed by atoms with Gasteiger partial charge in [-0.05, 0) is 13.3 Å².